The lowest BCUT2D eigenvalue weighted by Gasteiger charge is -2.46. The lowest BCUT2D eigenvalue weighted by Crippen LogP contribution is -2.67. The van der Waals surface area contributed by atoms with E-state index in [4.69, 9.17) is 62.8 Å². The first-order valence-electron chi connectivity index (χ1n) is 15.1. The third kappa shape index (κ3) is 8.62. The van der Waals surface area contributed by atoms with Gasteiger partial charge in [-0.3, -0.25) is 4.79 Å². The van der Waals surface area contributed by atoms with Crippen LogP contribution in [0.3, 0.4) is 0 Å². The fourth-order valence-corrected chi connectivity index (χ4v) is 5.70. The molecule has 1 saturated carbocycles. The monoisotopic (exact) mass is 647 g/mol. The van der Waals surface area contributed by atoms with Gasteiger partial charge in [-0.15, -0.1) is 0 Å². The molecule has 258 valence electrons. The third-order valence-electron chi connectivity index (χ3n) is 8.24. The van der Waals surface area contributed by atoms with E-state index in [1.54, 1.807) is 24.3 Å². The molecule has 18 heteroatoms. The molecule has 0 radical (unpaired) electrons. The van der Waals surface area contributed by atoms with E-state index < -0.39 is 110 Å². The van der Waals surface area contributed by atoms with Crippen LogP contribution in [0.2, 0.25) is 0 Å². The minimum Gasteiger partial charge on any atom is -0.394 e. The van der Waals surface area contributed by atoms with Crippen molar-refractivity contribution in [3.63, 3.8) is 0 Å². The molecule has 0 aromatic carbocycles. The molecule has 1 saturated heterocycles. The molecule has 1 amide bonds. The average molecular weight is 648 g/mol. The summed E-state index contributed by atoms with van der Waals surface area (Å²) in [6.45, 7) is -0.180. The quantitative estimate of drug-likeness (QED) is 0.0828. The molecule has 1 aliphatic carbocycles. The van der Waals surface area contributed by atoms with E-state index in [0.717, 1.165) is 0 Å². The summed E-state index contributed by atoms with van der Waals surface area (Å²) in [4.78, 5) is 12.6. The van der Waals surface area contributed by atoms with E-state index in [0.29, 0.717) is 0 Å². The fraction of sp³-hybridized carbons (Fsp3) is 0.815. The molecule has 0 spiro atoms. The van der Waals surface area contributed by atoms with Crippen LogP contribution in [-0.2, 0) is 33.2 Å². The van der Waals surface area contributed by atoms with Gasteiger partial charge in [0.05, 0.1) is 36.9 Å². The molecule has 45 heavy (non-hydrogen) atoms. The Labute approximate surface area is 260 Å². The number of carbonyl (C=O) groups excluding carboxylic acids is 1. The molecule has 3 heterocycles. The zero-order chi connectivity index (χ0) is 32.8. The molecule has 0 unspecified atom stereocenters. The van der Waals surface area contributed by atoms with Crippen LogP contribution < -0.4 is 39.7 Å². The van der Waals surface area contributed by atoms with Crippen LogP contribution in [0.25, 0.3) is 0 Å². The normalized spacial score (nSPS) is 44.2. The van der Waals surface area contributed by atoms with Gasteiger partial charge < -0.3 is 88.6 Å². The van der Waals surface area contributed by atoms with Crippen LogP contribution in [0.4, 0.5) is 0 Å². The van der Waals surface area contributed by atoms with Gasteiger partial charge in [0.2, 0.25) is 5.91 Å². The van der Waals surface area contributed by atoms with E-state index in [1.807, 2.05) is 0 Å². The number of amides is 1. The van der Waals surface area contributed by atoms with Crippen molar-refractivity contribution in [2.45, 2.75) is 111 Å². The molecular formula is C27H49N7O11. The predicted molar refractivity (Wildman–Crippen MR) is 156 cm³/mol. The van der Waals surface area contributed by atoms with Crippen molar-refractivity contribution in [3.8, 4) is 0 Å². The number of nitrogens with two attached hydrogens (primary N) is 6. The summed E-state index contributed by atoms with van der Waals surface area (Å²) in [5.41, 5.74) is 35.7. The van der Waals surface area contributed by atoms with E-state index in [9.17, 15) is 25.2 Å². The highest BCUT2D eigenvalue weighted by Crippen LogP contribution is 2.33. The average Bonchev–Trinajstić information content (AvgIpc) is 3.32. The molecule has 0 bridgehead atoms. The van der Waals surface area contributed by atoms with Gasteiger partial charge in [0.1, 0.15) is 42.7 Å². The Morgan fingerprint density at radius 3 is 1.91 bits per heavy atom. The van der Waals surface area contributed by atoms with Crippen molar-refractivity contribution in [2.24, 2.45) is 34.4 Å². The second kappa shape index (κ2) is 16.4. The summed E-state index contributed by atoms with van der Waals surface area (Å²) in [5.74, 6) is -0.761. The Kier molecular flexibility index (Phi) is 13.2. The van der Waals surface area contributed by atoms with Crippen LogP contribution in [-0.4, -0.2) is 151 Å². The summed E-state index contributed by atoms with van der Waals surface area (Å²) < 4.78 is 35.7. The number of carbonyl (C=O) groups is 1. The maximum Gasteiger partial charge on any atom is 0.249 e. The first kappa shape index (κ1) is 36.2. The van der Waals surface area contributed by atoms with Gasteiger partial charge in [0.15, 0.2) is 18.9 Å². The van der Waals surface area contributed by atoms with Gasteiger partial charge in [-0.1, -0.05) is 24.3 Å². The number of hydrogen-bond donors (Lipinski definition) is 11. The Morgan fingerprint density at radius 2 is 1.38 bits per heavy atom. The molecule has 17 N–H and O–H groups in total. The second-order valence-electron chi connectivity index (χ2n) is 11.6. The topological polar surface area (TPSA) is 322 Å². The first-order chi connectivity index (χ1) is 21.5. The van der Waals surface area contributed by atoms with Gasteiger partial charge in [-0.05, 0) is 19.4 Å². The van der Waals surface area contributed by atoms with Gasteiger partial charge in [0, 0.05) is 19.1 Å². The van der Waals surface area contributed by atoms with Crippen LogP contribution in [0.15, 0.2) is 24.3 Å². The predicted octanol–water partition coefficient (Wildman–Crippen LogP) is -6.36. The Morgan fingerprint density at radius 1 is 0.822 bits per heavy atom. The SMILES string of the molecule is NCC[C@H](O)C(=O)N[C@@H]1C[C@H](N)[C@@H](O[C@H]2O[C@H](CN)C=C[C@H]2N)[C@H](O[C@@H]2O[C@H](CO)[C@@H](O[C@H]3O[C@@H](CN)C=C[C@H]3N)[C@H]2O)[C@H]1O. The Bertz CT molecular complexity index is 1010. The smallest absolute Gasteiger partial charge is 0.249 e. The van der Waals surface area contributed by atoms with Crippen molar-refractivity contribution in [1.29, 1.82) is 0 Å². The van der Waals surface area contributed by atoms with Gasteiger partial charge in [-0.25, -0.2) is 0 Å². The first-order valence-corrected chi connectivity index (χ1v) is 15.1. The van der Waals surface area contributed by atoms with E-state index in [1.165, 1.54) is 0 Å². The lowest BCUT2D eigenvalue weighted by atomic mass is 9.83. The number of aliphatic hydroxyl groups is 4. The van der Waals surface area contributed by atoms with Gasteiger partial charge in [-0.2, -0.15) is 0 Å². The summed E-state index contributed by atoms with van der Waals surface area (Å²) in [6.07, 6.45) is -6.81. The number of ether oxygens (including phenoxy) is 6. The van der Waals surface area contributed by atoms with Crippen molar-refractivity contribution in [3.05, 3.63) is 24.3 Å². The van der Waals surface area contributed by atoms with E-state index >= 15 is 0 Å². The number of nitrogens with one attached hydrogen (secondary N) is 1. The molecular weight excluding hydrogens is 598 g/mol. The van der Waals surface area contributed by atoms with Crippen LogP contribution in [0.1, 0.15) is 12.8 Å². The minimum absolute atomic E-state index is 0.00132. The van der Waals surface area contributed by atoms with Crippen molar-refractivity contribution < 1.29 is 53.6 Å². The number of rotatable bonds is 13. The van der Waals surface area contributed by atoms with Crippen molar-refractivity contribution in [2.75, 3.05) is 26.2 Å². The largest absolute Gasteiger partial charge is 0.394 e. The van der Waals surface area contributed by atoms with Gasteiger partial charge in [0.25, 0.3) is 0 Å². The van der Waals surface area contributed by atoms with Gasteiger partial charge >= 0.3 is 0 Å². The standard InChI is InChI=1S/C27H49N7O11/c28-6-5-17(36)24(39)34-16-7-15(33)21(43-25-13(31)3-1-11(8-29)40-25)23(19(16)37)45-27-20(38)22(18(10-35)42-27)44-26-14(32)4-2-12(9-30)41-26/h1-4,11-23,25-27,35-38H,5-10,28-33H2,(H,34,39)/t11-,12+,13+,14+,15-,16+,17-,18+,19-,20+,21+,22+,23+,25+,26+,27-/m0/s1. The zero-order valence-corrected chi connectivity index (χ0v) is 24.9. The molecule has 3 aliphatic heterocycles. The molecule has 0 aromatic heterocycles. The molecule has 0 aromatic rings. The highest BCUT2D eigenvalue weighted by Gasteiger charge is 2.53. The van der Waals surface area contributed by atoms with Crippen LogP contribution in [0.5, 0.6) is 0 Å². The molecule has 4 rings (SSSR count). The van der Waals surface area contributed by atoms with Crippen LogP contribution >= 0.6 is 0 Å². The van der Waals surface area contributed by atoms with E-state index in [2.05, 4.69) is 5.32 Å². The highest BCUT2D eigenvalue weighted by atomic mass is 16.8. The zero-order valence-electron chi connectivity index (χ0n) is 24.9. The maximum atomic E-state index is 12.6. The summed E-state index contributed by atoms with van der Waals surface area (Å²) in [6, 6.07) is -3.28. The lowest BCUT2D eigenvalue weighted by molar-refractivity contribution is -0.280. The Balaban J connectivity index is 1.54. The second-order valence-corrected chi connectivity index (χ2v) is 11.6. The van der Waals surface area contributed by atoms with Crippen molar-refractivity contribution in [1.82, 2.24) is 5.32 Å². The number of aliphatic hydroxyl groups excluding tert-OH is 4. The summed E-state index contributed by atoms with van der Waals surface area (Å²) in [5, 5.41) is 45.5. The summed E-state index contributed by atoms with van der Waals surface area (Å²) >= 11 is 0. The van der Waals surface area contributed by atoms with Crippen LogP contribution in [0, 0.1) is 0 Å². The van der Waals surface area contributed by atoms with Crippen molar-refractivity contribution >= 4 is 5.91 Å². The molecule has 2 fully saturated rings. The third-order valence-corrected chi connectivity index (χ3v) is 8.24. The highest BCUT2D eigenvalue weighted by molar-refractivity contribution is 5.80. The fourth-order valence-electron chi connectivity index (χ4n) is 5.70. The molecule has 16 atom stereocenters. The molecule has 4 aliphatic rings. The molecule has 18 nitrogen and oxygen atoms in total. The van der Waals surface area contributed by atoms with E-state index in [-0.39, 0.29) is 32.5 Å². The summed E-state index contributed by atoms with van der Waals surface area (Å²) in [7, 11) is 0. The minimum atomic E-state index is -1.51. The Hall–Kier alpha value is -1.69. The maximum absolute atomic E-state index is 12.6. The number of hydrogen-bond acceptors (Lipinski definition) is 17.